The Morgan fingerprint density at radius 2 is 1.52 bits per heavy atom. The highest BCUT2D eigenvalue weighted by atomic mass is 32.1. The Morgan fingerprint density at radius 1 is 0.905 bits per heavy atom. The first kappa shape index (κ1) is 16.1. The third-order valence-corrected chi connectivity index (χ3v) is 4.36. The molecule has 0 aromatic heterocycles. The molecule has 0 aliphatic heterocycles. The van der Waals surface area contributed by atoms with Gasteiger partial charge in [0.15, 0.2) is 0 Å². The maximum Gasteiger partial charge on any atom is 0.127 e. The number of hydrogen-bond donors (Lipinski definition) is 2. The van der Waals surface area contributed by atoms with Gasteiger partial charge in [-0.3, -0.25) is 0 Å². The van der Waals surface area contributed by atoms with Crippen LogP contribution in [-0.2, 0) is 0 Å². The number of benzene rings is 2. The highest BCUT2D eigenvalue weighted by Crippen LogP contribution is 2.37. The van der Waals surface area contributed by atoms with Crippen molar-refractivity contribution in [3.63, 3.8) is 0 Å². The Balaban J connectivity index is 2.50. The standard InChI is InChI=1S/C18H20OS2/c1-4-19-16-10-7-13(3)11-15(16)18(21)17(20)14-8-5-12(2)6-9-14/h5-11,20-21H,4H2,1-3H3/b18-17-. The van der Waals surface area contributed by atoms with Crippen molar-refractivity contribution in [3.8, 4) is 5.75 Å². The van der Waals surface area contributed by atoms with Crippen molar-refractivity contribution in [1.29, 1.82) is 0 Å². The zero-order valence-electron chi connectivity index (χ0n) is 12.6. The molecule has 2 aromatic carbocycles. The van der Waals surface area contributed by atoms with Gasteiger partial charge >= 0.3 is 0 Å². The molecule has 0 aliphatic rings. The van der Waals surface area contributed by atoms with Crippen LogP contribution >= 0.6 is 25.3 Å². The number of thiol groups is 2. The summed E-state index contributed by atoms with van der Waals surface area (Å²) in [6.07, 6.45) is 0. The van der Waals surface area contributed by atoms with Crippen LogP contribution in [0.15, 0.2) is 42.5 Å². The molecule has 0 amide bonds. The van der Waals surface area contributed by atoms with Gasteiger partial charge in [0.1, 0.15) is 5.75 Å². The summed E-state index contributed by atoms with van der Waals surface area (Å²) < 4.78 is 5.70. The lowest BCUT2D eigenvalue weighted by Gasteiger charge is -2.13. The number of rotatable bonds is 4. The highest BCUT2D eigenvalue weighted by molar-refractivity contribution is 7.96. The fourth-order valence-electron chi connectivity index (χ4n) is 2.09. The lowest BCUT2D eigenvalue weighted by atomic mass is 10.1. The SMILES string of the molecule is CCOc1ccc(C)cc1/C(S)=C(/S)c1ccc(C)cc1. The predicted octanol–water partition coefficient (Wildman–Crippen LogP) is 5.39. The molecule has 21 heavy (non-hydrogen) atoms. The van der Waals surface area contributed by atoms with Crippen molar-refractivity contribution in [2.24, 2.45) is 0 Å². The molecular formula is C18H20OS2. The Labute approximate surface area is 137 Å². The Bertz CT molecular complexity index is 657. The average Bonchev–Trinajstić information content (AvgIpc) is 2.48. The first-order valence-corrected chi connectivity index (χ1v) is 7.85. The van der Waals surface area contributed by atoms with Gasteiger partial charge in [-0.1, -0.05) is 41.5 Å². The van der Waals surface area contributed by atoms with Crippen LogP contribution in [0.5, 0.6) is 5.75 Å². The molecule has 0 spiro atoms. The zero-order valence-corrected chi connectivity index (χ0v) is 14.3. The quantitative estimate of drug-likeness (QED) is 0.568. The van der Waals surface area contributed by atoms with E-state index < -0.39 is 0 Å². The van der Waals surface area contributed by atoms with Crippen LogP contribution in [0, 0.1) is 13.8 Å². The molecule has 0 saturated heterocycles. The van der Waals surface area contributed by atoms with Crippen LogP contribution in [0.4, 0.5) is 0 Å². The molecule has 0 heterocycles. The Kier molecular flexibility index (Phi) is 5.43. The lowest BCUT2D eigenvalue weighted by Crippen LogP contribution is -1.96. The summed E-state index contributed by atoms with van der Waals surface area (Å²) in [5.74, 6) is 0.840. The Morgan fingerprint density at radius 3 is 2.14 bits per heavy atom. The second kappa shape index (κ2) is 7.10. The van der Waals surface area contributed by atoms with E-state index in [1.807, 2.05) is 19.1 Å². The summed E-state index contributed by atoms with van der Waals surface area (Å²) in [6.45, 7) is 6.74. The summed E-state index contributed by atoms with van der Waals surface area (Å²) in [6, 6.07) is 14.4. The fraction of sp³-hybridized carbons (Fsp3) is 0.222. The Hall–Kier alpha value is -1.32. The summed E-state index contributed by atoms with van der Waals surface area (Å²) in [4.78, 5) is 1.68. The van der Waals surface area contributed by atoms with Gasteiger partial charge in [-0.05, 0) is 38.5 Å². The maximum atomic E-state index is 5.70. The normalized spacial score (nSPS) is 12.0. The monoisotopic (exact) mass is 316 g/mol. The summed E-state index contributed by atoms with van der Waals surface area (Å²) in [5, 5.41) is 0. The van der Waals surface area contributed by atoms with Crippen molar-refractivity contribution in [1.82, 2.24) is 0 Å². The van der Waals surface area contributed by atoms with Crippen LogP contribution in [0.3, 0.4) is 0 Å². The van der Waals surface area contributed by atoms with Crippen molar-refractivity contribution < 1.29 is 4.74 Å². The van der Waals surface area contributed by atoms with Crippen molar-refractivity contribution in [2.45, 2.75) is 20.8 Å². The summed E-state index contributed by atoms with van der Waals surface area (Å²) in [5.41, 5.74) is 4.43. The predicted molar refractivity (Wildman–Crippen MR) is 98.3 cm³/mol. The molecule has 3 heteroatoms. The minimum Gasteiger partial charge on any atom is -0.493 e. The number of hydrogen-bond acceptors (Lipinski definition) is 3. The molecule has 2 aromatic rings. The summed E-state index contributed by atoms with van der Waals surface area (Å²) in [7, 11) is 0. The van der Waals surface area contributed by atoms with E-state index in [-0.39, 0.29) is 0 Å². The van der Waals surface area contributed by atoms with E-state index in [2.05, 4.69) is 69.4 Å². The highest BCUT2D eigenvalue weighted by Gasteiger charge is 2.11. The van der Waals surface area contributed by atoms with E-state index >= 15 is 0 Å². The van der Waals surface area contributed by atoms with Gasteiger partial charge in [-0.15, -0.1) is 25.3 Å². The smallest absolute Gasteiger partial charge is 0.127 e. The van der Waals surface area contributed by atoms with Gasteiger partial charge in [0.25, 0.3) is 0 Å². The van der Waals surface area contributed by atoms with E-state index in [0.717, 1.165) is 26.7 Å². The van der Waals surface area contributed by atoms with Gasteiger partial charge < -0.3 is 4.74 Å². The second-order valence-corrected chi connectivity index (χ2v) is 5.89. The van der Waals surface area contributed by atoms with Crippen molar-refractivity contribution in [3.05, 3.63) is 64.7 Å². The number of aryl methyl sites for hydroxylation is 2. The first-order chi connectivity index (χ1) is 10.0. The van der Waals surface area contributed by atoms with E-state index in [4.69, 9.17) is 4.74 Å². The third kappa shape index (κ3) is 3.86. The second-order valence-electron chi connectivity index (χ2n) is 5.00. The molecule has 0 N–H and O–H groups in total. The average molecular weight is 316 g/mol. The molecule has 0 aliphatic carbocycles. The molecule has 0 radical (unpaired) electrons. The topological polar surface area (TPSA) is 9.23 Å². The van der Waals surface area contributed by atoms with Gasteiger partial charge in [-0.25, -0.2) is 0 Å². The van der Waals surface area contributed by atoms with Gasteiger partial charge in [0, 0.05) is 15.4 Å². The molecule has 0 bridgehead atoms. The molecule has 0 unspecified atom stereocenters. The molecule has 0 fully saturated rings. The first-order valence-electron chi connectivity index (χ1n) is 6.96. The van der Waals surface area contributed by atoms with Crippen LogP contribution in [0.1, 0.15) is 29.2 Å². The number of ether oxygens (including phenoxy) is 1. The van der Waals surface area contributed by atoms with Crippen LogP contribution in [0.25, 0.3) is 9.81 Å². The van der Waals surface area contributed by atoms with Crippen molar-refractivity contribution >= 4 is 35.1 Å². The van der Waals surface area contributed by atoms with Crippen LogP contribution < -0.4 is 4.74 Å². The van der Waals surface area contributed by atoms with Gasteiger partial charge in [0.2, 0.25) is 0 Å². The van der Waals surface area contributed by atoms with E-state index in [9.17, 15) is 0 Å². The van der Waals surface area contributed by atoms with E-state index in [1.165, 1.54) is 11.1 Å². The third-order valence-electron chi connectivity index (χ3n) is 3.24. The fourth-order valence-corrected chi connectivity index (χ4v) is 2.66. The molecule has 0 atom stereocenters. The van der Waals surface area contributed by atoms with Crippen LogP contribution in [0.2, 0.25) is 0 Å². The summed E-state index contributed by atoms with van der Waals surface area (Å²) >= 11 is 9.34. The van der Waals surface area contributed by atoms with Crippen molar-refractivity contribution in [2.75, 3.05) is 6.61 Å². The maximum absolute atomic E-state index is 5.70. The molecule has 2 rings (SSSR count). The molecule has 0 saturated carbocycles. The van der Waals surface area contributed by atoms with E-state index in [1.54, 1.807) is 0 Å². The minimum atomic E-state index is 0.629. The van der Waals surface area contributed by atoms with Gasteiger partial charge in [0.05, 0.1) is 6.61 Å². The largest absolute Gasteiger partial charge is 0.493 e. The lowest BCUT2D eigenvalue weighted by molar-refractivity contribution is 0.339. The molecule has 1 nitrogen and oxygen atoms in total. The van der Waals surface area contributed by atoms with Gasteiger partial charge in [-0.2, -0.15) is 0 Å². The molecule has 110 valence electrons. The van der Waals surface area contributed by atoms with Crippen LogP contribution in [-0.4, -0.2) is 6.61 Å². The van der Waals surface area contributed by atoms with E-state index in [0.29, 0.717) is 6.61 Å². The molecular weight excluding hydrogens is 296 g/mol. The minimum absolute atomic E-state index is 0.629. The zero-order chi connectivity index (χ0) is 15.4.